The van der Waals surface area contributed by atoms with Crippen LogP contribution in [0.1, 0.15) is 32.8 Å². The third-order valence-electron chi connectivity index (χ3n) is 5.55. The molecule has 0 saturated heterocycles. The Morgan fingerprint density at radius 3 is 2.71 bits per heavy atom. The minimum absolute atomic E-state index is 0.547. The fraction of sp³-hybridized carbons (Fsp3) is 0.308. The molecule has 0 spiro atoms. The zero-order valence-electron chi connectivity index (χ0n) is 18.9. The molecule has 2 aromatic carbocycles. The van der Waals surface area contributed by atoms with E-state index in [0.717, 1.165) is 57.8 Å². The van der Waals surface area contributed by atoms with Crippen LogP contribution in [0.25, 0.3) is 33.7 Å². The summed E-state index contributed by atoms with van der Waals surface area (Å²) in [5.41, 5.74) is 5.17. The number of hydrogen-bond acceptors (Lipinski definition) is 3. The number of nitrogens with one attached hydrogen (secondary N) is 1. The zero-order chi connectivity index (χ0) is 22.0. The van der Waals surface area contributed by atoms with E-state index in [4.69, 9.17) is 9.41 Å². The molecule has 2 heterocycles. The van der Waals surface area contributed by atoms with Gasteiger partial charge in [-0.15, -0.1) is 0 Å². The zero-order valence-corrected chi connectivity index (χ0v) is 18.9. The highest BCUT2D eigenvalue weighted by Gasteiger charge is 2.13. The maximum atomic E-state index is 6.13. The van der Waals surface area contributed by atoms with Crippen molar-refractivity contribution in [1.29, 1.82) is 0 Å². The number of oxazole rings is 1. The van der Waals surface area contributed by atoms with Crippen molar-refractivity contribution in [1.82, 2.24) is 14.9 Å². The van der Waals surface area contributed by atoms with Gasteiger partial charge in [0.2, 0.25) is 5.89 Å². The van der Waals surface area contributed by atoms with Crippen LogP contribution < -0.4 is 0 Å². The molecular weight excluding hydrogens is 384 g/mol. The standard InChI is InChI=1S/C26H30N4O/c1-6-30(5)25(13-17(2)3)29-23-15-20(8-7-18(23)4)24-16-28-26(31-24)21-9-10-22-19(14-21)11-12-27-22/h7-12,14-17,27H,6,13H2,1-5H3. The Morgan fingerprint density at radius 1 is 1.13 bits per heavy atom. The number of aliphatic imine (C=N–C) groups is 1. The fourth-order valence-electron chi connectivity index (χ4n) is 3.58. The van der Waals surface area contributed by atoms with Gasteiger partial charge in [0.25, 0.3) is 0 Å². The van der Waals surface area contributed by atoms with Crippen molar-refractivity contribution in [3.8, 4) is 22.8 Å². The summed E-state index contributed by atoms with van der Waals surface area (Å²) < 4.78 is 6.13. The van der Waals surface area contributed by atoms with Crippen LogP contribution in [-0.4, -0.2) is 34.3 Å². The maximum Gasteiger partial charge on any atom is 0.226 e. The lowest BCUT2D eigenvalue weighted by molar-refractivity contribution is 0.503. The Balaban J connectivity index is 1.67. The summed E-state index contributed by atoms with van der Waals surface area (Å²) in [6, 6.07) is 14.5. The number of benzene rings is 2. The Bertz CT molecular complexity index is 1220. The minimum atomic E-state index is 0.547. The van der Waals surface area contributed by atoms with Crippen molar-refractivity contribution in [3.63, 3.8) is 0 Å². The lowest BCUT2D eigenvalue weighted by Crippen LogP contribution is -2.27. The van der Waals surface area contributed by atoms with Crippen molar-refractivity contribution < 1.29 is 4.42 Å². The number of rotatable bonds is 6. The van der Waals surface area contributed by atoms with E-state index in [-0.39, 0.29) is 0 Å². The Morgan fingerprint density at radius 2 is 1.94 bits per heavy atom. The molecule has 0 atom stereocenters. The molecule has 160 valence electrons. The van der Waals surface area contributed by atoms with Crippen LogP contribution in [0, 0.1) is 12.8 Å². The molecule has 4 aromatic rings. The van der Waals surface area contributed by atoms with E-state index in [0.29, 0.717) is 11.8 Å². The van der Waals surface area contributed by atoms with E-state index < -0.39 is 0 Å². The van der Waals surface area contributed by atoms with E-state index in [2.05, 4.69) is 79.9 Å². The van der Waals surface area contributed by atoms with E-state index in [9.17, 15) is 0 Å². The number of amidine groups is 1. The SMILES string of the molecule is CCN(C)C(CC(C)C)=Nc1cc(-c2cnc(-c3ccc4[nH]ccc4c3)o2)ccc1C. The summed E-state index contributed by atoms with van der Waals surface area (Å²) in [6.07, 6.45) is 4.68. The molecule has 0 amide bonds. The van der Waals surface area contributed by atoms with Crippen molar-refractivity contribution in [2.45, 2.75) is 34.1 Å². The summed E-state index contributed by atoms with van der Waals surface area (Å²) in [7, 11) is 2.10. The van der Waals surface area contributed by atoms with Crippen LogP contribution >= 0.6 is 0 Å². The third-order valence-corrected chi connectivity index (χ3v) is 5.55. The molecule has 31 heavy (non-hydrogen) atoms. The normalized spacial score (nSPS) is 12.1. The molecule has 0 aliphatic heterocycles. The van der Waals surface area contributed by atoms with Crippen molar-refractivity contribution in [3.05, 3.63) is 60.4 Å². The van der Waals surface area contributed by atoms with E-state index in [1.165, 1.54) is 0 Å². The van der Waals surface area contributed by atoms with Crippen molar-refractivity contribution >= 4 is 22.4 Å². The van der Waals surface area contributed by atoms with Crippen LogP contribution in [0.2, 0.25) is 0 Å². The molecule has 1 N–H and O–H groups in total. The van der Waals surface area contributed by atoms with E-state index in [1.54, 1.807) is 6.20 Å². The van der Waals surface area contributed by atoms with Gasteiger partial charge in [-0.2, -0.15) is 0 Å². The van der Waals surface area contributed by atoms with Crippen molar-refractivity contribution in [2.24, 2.45) is 10.9 Å². The average Bonchev–Trinajstić information content (AvgIpc) is 3.43. The van der Waals surface area contributed by atoms with Gasteiger partial charge in [0.1, 0.15) is 5.84 Å². The number of fused-ring (bicyclic) bond motifs is 1. The van der Waals surface area contributed by atoms with E-state index >= 15 is 0 Å². The summed E-state index contributed by atoms with van der Waals surface area (Å²) in [6.45, 7) is 9.63. The van der Waals surface area contributed by atoms with E-state index in [1.807, 2.05) is 18.3 Å². The van der Waals surface area contributed by atoms with Gasteiger partial charge >= 0.3 is 0 Å². The molecule has 5 nitrogen and oxygen atoms in total. The molecule has 0 saturated carbocycles. The molecule has 0 radical (unpaired) electrons. The summed E-state index contributed by atoms with van der Waals surface area (Å²) in [4.78, 5) is 15.0. The molecule has 4 rings (SSSR count). The van der Waals surface area contributed by atoms with Gasteiger partial charge in [-0.1, -0.05) is 26.0 Å². The van der Waals surface area contributed by atoms with Crippen LogP contribution in [0.4, 0.5) is 5.69 Å². The second-order valence-corrected chi connectivity index (χ2v) is 8.45. The first kappa shape index (κ1) is 20.9. The van der Waals surface area contributed by atoms with Gasteiger partial charge in [0.15, 0.2) is 5.76 Å². The first-order valence-corrected chi connectivity index (χ1v) is 10.9. The Hall–Kier alpha value is -3.34. The first-order valence-electron chi connectivity index (χ1n) is 10.9. The second-order valence-electron chi connectivity index (χ2n) is 8.45. The smallest absolute Gasteiger partial charge is 0.226 e. The highest BCUT2D eigenvalue weighted by molar-refractivity contribution is 5.86. The average molecular weight is 415 g/mol. The maximum absolute atomic E-state index is 6.13. The molecule has 0 fully saturated rings. The summed E-state index contributed by atoms with van der Waals surface area (Å²) in [5, 5.41) is 1.14. The van der Waals surface area contributed by atoms with Gasteiger partial charge in [0.05, 0.1) is 11.9 Å². The topological polar surface area (TPSA) is 57.4 Å². The van der Waals surface area contributed by atoms with Crippen LogP contribution in [0.5, 0.6) is 0 Å². The third kappa shape index (κ3) is 4.55. The monoisotopic (exact) mass is 414 g/mol. The van der Waals surface area contributed by atoms with Crippen LogP contribution in [0.3, 0.4) is 0 Å². The van der Waals surface area contributed by atoms with Gasteiger partial charge in [-0.3, -0.25) is 0 Å². The minimum Gasteiger partial charge on any atom is -0.436 e. The highest BCUT2D eigenvalue weighted by atomic mass is 16.4. The van der Waals surface area contributed by atoms with Gasteiger partial charge in [-0.25, -0.2) is 9.98 Å². The predicted molar refractivity (Wildman–Crippen MR) is 129 cm³/mol. The first-order chi connectivity index (χ1) is 14.9. The van der Waals surface area contributed by atoms with Gasteiger partial charge in [0, 0.05) is 48.2 Å². The highest BCUT2D eigenvalue weighted by Crippen LogP contribution is 2.31. The largest absolute Gasteiger partial charge is 0.436 e. The molecule has 0 aliphatic rings. The number of H-pyrrole nitrogens is 1. The van der Waals surface area contributed by atoms with Crippen LogP contribution in [0.15, 0.2) is 64.3 Å². The van der Waals surface area contributed by atoms with Gasteiger partial charge in [-0.05, 0) is 55.7 Å². The second kappa shape index (κ2) is 8.80. The number of aryl methyl sites for hydroxylation is 1. The fourth-order valence-corrected chi connectivity index (χ4v) is 3.58. The molecule has 2 aromatic heterocycles. The Labute approximate surface area is 183 Å². The molecule has 5 heteroatoms. The van der Waals surface area contributed by atoms with Crippen molar-refractivity contribution in [2.75, 3.05) is 13.6 Å². The molecule has 0 aliphatic carbocycles. The predicted octanol–water partition coefficient (Wildman–Crippen LogP) is 6.83. The number of aromatic amines is 1. The lowest BCUT2D eigenvalue weighted by atomic mass is 10.1. The lowest BCUT2D eigenvalue weighted by Gasteiger charge is -2.21. The number of hydrogen-bond donors (Lipinski definition) is 1. The van der Waals surface area contributed by atoms with Gasteiger partial charge < -0.3 is 14.3 Å². The summed E-state index contributed by atoms with van der Waals surface area (Å²) >= 11 is 0. The molecule has 0 bridgehead atoms. The number of aromatic nitrogens is 2. The molecule has 0 unspecified atom stereocenters. The molecular formula is C26H30N4O. The quantitative estimate of drug-likeness (QED) is 0.278. The Kier molecular flexibility index (Phi) is 5.94. The van der Waals surface area contributed by atoms with Crippen LogP contribution in [-0.2, 0) is 0 Å². The summed E-state index contributed by atoms with van der Waals surface area (Å²) in [5.74, 6) is 3.02. The number of nitrogens with zero attached hydrogens (tertiary/aromatic N) is 3.